The van der Waals surface area contributed by atoms with Crippen LogP contribution in [0.25, 0.3) is 0 Å². The van der Waals surface area contributed by atoms with Crippen LogP contribution in [0.5, 0.6) is 5.75 Å². The number of rotatable bonds is 4. The van der Waals surface area contributed by atoms with Crippen LogP contribution < -0.4 is 10.1 Å². The lowest BCUT2D eigenvalue weighted by Gasteiger charge is -2.12. The molecule has 0 fully saturated rings. The summed E-state index contributed by atoms with van der Waals surface area (Å²) in [6, 6.07) is 10.7. The molecule has 2 aromatic carbocycles. The Balaban J connectivity index is 2.15. The number of hydrogen-bond donors (Lipinski definition) is 1. The number of carbonyl (C=O) groups is 1. The van der Waals surface area contributed by atoms with E-state index in [2.05, 4.69) is 21.2 Å². The van der Waals surface area contributed by atoms with Gasteiger partial charge in [-0.15, -0.1) is 0 Å². The van der Waals surface area contributed by atoms with Gasteiger partial charge in [-0.1, -0.05) is 17.7 Å². The van der Waals surface area contributed by atoms with Crippen molar-refractivity contribution in [3.63, 3.8) is 0 Å². The van der Waals surface area contributed by atoms with E-state index >= 15 is 0 Å². The third kappa shape index (κ3) is 4.24. The summed E-state index contributed by atoms with van der Waals surface area (Å²) >= 11 is 9.49. The number of anilines is 1. The molecule has 0 aliphatic carbocycles. The molecule has 22 heavy (non-hydrogen) atoms. The van der Waals surface area contributed by atoms with Crippen LogP contribution in [0, 0.1) is 6.92 Å². The van der Waals surface area contributed by atoms with Crippen LogP contribution >= 0.6 is 27.5 Å². The van der Waals surface area contributed by atoms with Crippen molar-refractivity contribution < 1.29 is 9.53 Å². The number of aryl methyl sites for hydroxylation is 1. The molecule has 116 valence electrons. The number of amides is 1. The van der Waals surface area contributed by atoms with E-state index in [1.165, 1.54) is 0 Å². The van der Waals surface area contributed by atoms with Gasteiger partial charge in [-0.2, -0.15) is 0 Å². The topological polar surface area (TPSA) is 38.3 Å². The Morgan fingerprint density at radius 1 is 1.23 bits per heavy atom. The van der Waals surface area contributed by atoms with Crippen LogP contribution in [0.3, 0.4) is 0 Å². The molecule has 2 aromatic rings. The second-order valence-corrected chi connectivity index (χ2v) is 6.49. The molecule has 0 radical (unpaired) electrons. The third-order valence-electron chi connectivity index (χ3n) is 2.99. The van der Waals surface area contributed by atoms with Crippen molar-refractivity contribution in [3.05, 3.63) is 57.0 Å². The second-order valence-electron chi connectivity index (χ2n) is 5.23. The first-order valence-electron chi connectivity index (χ1n) is 6.90. The van der Waals surface area contributed by atoms with Crippen LogP contribution in [-0.2, 0) is 0 Å². The van der Waals surface area contributed by atoms with Gasteiger partial charge in [0.25, 0.3) is 5.91 Å². The van der Waals surface area contributed by atoms with Crippen molar-refractivity contribution in [3.8, 4) is 5.75 Å². The fraction of sp³-hybridized carbons (Fsp3) is 0.235. The second kappa shape index (κ2) is 7.16. The number of halogens is 2. The number of hydrogen-bond acceptors (Lipinski definition) is 2. The van der Waals surface area contributed by atoms with Crippen molar-refractivity contribution in [2.24, 2.45) is 0 Å². The van der Waals surface area contributed by atoms with Gasteiger partial charge in [-0.25, -0.2) is 0 Å². The minimum atomic E-state index is -0.197. The summed E-state index contributed by atoms with van der Waals surface area (Å²) in [5.74, 6) is 0.515. The maximum atomic E-state index is 12.3. The molecule has 0 aliphatic heterocycles. The van der Waals surface area contributed by atoms with Crippen molar-refractivity contribution in [1.82, 2.24) is 0 Å². The monoisotopic (exact) mass is 381 g/mol. The zero-order valence-electron chi connectivity index (χ0n) is 12.6. The molecule has 3 nitrogen and oxygen atoms in total. The number of carbonyl (C=O) groups excluding carboxylic acids is 1. The molecular formula is C17H17BrClNO2. The fourth-order valence-electron chi connectivity index (χ4n) is 1.87. The predicted molar refractivity (Wildman–Crippen MR) is 94.0 cm³/mol. The highest BCUT2D eigenvalue weighted by atomic mass is 79.9. The molecule has 0 heterocycles. The van der Waals surface area contributed by atoms with Gasteiger partial charge in [0.15, 0.2) is 0 Å². The van der Waals surface area contributed by atoms with E-state index in [1.54, 1.807) is 24.3 Å². The maximum absolute atomic E-state index is 12.3. The molecule has 0 unspecified atom stereocenters. The normalized spacial score (nSPS) is 10.6. The summed E-state index contributed by atoms with van der Waals surface area (Å²) in [7, 11) is 0. The highest BCUT2D eigenvalue weighted by Crippen LogP contribution is 2.27. The average Bonchev–Trinajstić information content (AvgIpc) is 2.44. The molecule has 5 heteroatoms. The number of nitrogens with one attached hydrogen (secondary N) is 1. The zero-order chi connectivity index (χ0) is 16.3. The Morgan fingerprint density at radius 3 is 2.55 bits per heavy atom. The van der Waals surface area contributed by atoms with Gasteiger partial charge < -0.3 is 10.1 Å². The van der Waals surface area contributed by atoms with E-state index < -0.39 is 0 Å². The van der Waals surface area contributed by atoms with Crippen molar-refractivity contribution >= 4 is 39.1 Å². The van der Waals surface area contributed by atoms with E-state index in [0.717, 1.165) is 10.0 Å². The first-order chi connectivity index (χ1) is 10.4. The summed E-state index contributed by atoms with van der Waals surface area (Å²) in [6.45, 7) is 5.82. The van der Waals surface area contributed by atoms with E-state index in [-0.39, 0.29) is 12.0 Å². The van der Waals surface area contributed by atoms with E-state index in [1.807, 2.05) is 32.9 Å². The summed E-state index contributed by atoms with van der Waals surface area (Å²) in [4.78, 5) is 12.3. The standard InChI is InChI=1S/C17H17BrClNO2/c1-10(2)22-16-7-5-12(8-14(16)18)17(21)20-13-6-4-11(3)15(19)9-13/h4-10H,1-3H3,(H,20,21). The van der Waals surface area contributed by atoms with E-state index in [4.69, 9.17) is 16.3 Å². The van der Waals surface area contributed by atoms with Crippen molar-refractivity contribution in [2.75, 3.05) is 5.32 Å². The van der Waals surface area contributed by atoms with Gasteiger partial charge in [-0.05, 0) is 72.6 Å². The van der Waals surface area contributed by atoms with Crippen LogP contribution in [0.4, 0.5) is 5.69 Å². The lowest BCUT2D eigenvalue weighted by atomic mass is 10.2. The first kappa shape index (κ1) is 16.8. The molecule has 0 saturated heterocycles. The van der Waals surface area contributed by atoms with Crippen LogP contribution in [0.15, 0.2) is 40.9 Å². The van der Waals surface area contributed by atoms with Crippen molar-refractivity contribution in [1.29, 1.82) is 0 Å². The Morgan fingerprint density at radius 2 is 1.95 bits per heavy atom. The first-order valence-corrected chi connectivity index (χ1v) is 8.07. The Hall–Kier alpha value is -1.52. The quantitative estimate of drug-likeness (QED) is 0.763. The molecule has 0 saturated carbocycles. The van der Waals surface area contributed by atoms with E-state index in [9.17, 15) is 4.79 Å². The highest BCUT2D eigenvalue weighted by molar-refractivity contribution is 9.10. The molecule has 2 rings (SSSR count). The smallest absolute Gasteiger partial charge is 0.255 e. The molecule has 0 aromatic heterocycles. The molecule has 1 N–H and O–H groups in total. The highest BCUT2D eigenvalue weighted by Gasteiger charge is 2.11. The Bertz CT molecular complexity index is 701. The maximum Gasteiger partial charge on any atom is 0.255 e. The lowest BCUT2D eigenvalue weighted by Crippen LogP contribution is -2.12. The number of ether oxygens (including phenoxy) is 1. The number of benzene rings is 2. The summed E-state index contributed by atoms with van der Waals surface area (Å²) in [6.07, 6.45) is 0.0747. The third-order valence-corrected chi connectivity index (χ3v) is 4.01. The average molecular weight is 383 g/mol. The van der Waals surface area contributed by atoms with E-state index in [0.29, 0.717) is 22.0 Å². The molecular weight excluding hydrogens is 366 g/mol. The zero-order valence-corrected chi connectivity index (χ0v) is 15.0. The van der Waals surface area contributed by atoms with Crippen LogP contribution in [0.2, 0.25) is 5.02 Å². The molecule has 0 spiro atoms. The fourth-order valence-corrected chi connectivity index (χ4v) is 2.52. The van der Waals surface area contributed by atoms with Crippen molar-refractivity contribution in [2.45, 2.75) is 26.9 Å². The summed E-state index contributed by atoms with van der Waals surface area (Å²) < 4.78 is 6.38. The van der Waals surface area contributed by atoms with Crippen LogP contribution in [-0.4, -0.2) is 12.0 Å². The molecule has 0 aliphatic rings. The van der Waals surface area contributed by atoms with Gasteiger partial charge >= 0.3 is 0 Å². The SMILES string of the molecule is Cc1ccc(NC(=O)c2ccc(OC(C)C)c(Br)c2)cc1Cl. The van der Waals surface area contributed by atoms with Gasteiger partial charge in [0.05, 0.1) is 10.6 Å². The summed E-state index contributed by atoms with van der Waals surface area (Å²) in [5, 5.41) is 3.45. The minimum absolute atomic E-state index is 0.0747. The van der Waals surface area contributed by atoms with Gasteiger partial charge in [0, 0.05) is 16.3 Å². The molecule has 0 bridgehead atoms. The lowest BCUT2D eigenvalue weighted by molar-refractivity contribution is 0.102. The Labute approximate surface area is 143 Å². The minimum Gasteiger partial charge on any atom is -0.490 e. The van der Waals surface area contributed by atoms with Gasteiger partial charge in [0.1, 0.15) is 5.75 Å². The van der Waals surface area contributed by atoms with Crippen LogP contribution in [0.1, 0.15) is 29.8 Å². The Kier molecular flexibility index (Phi) is 5.48. The largest absolute Gasteiger partial charge is 0.490 e. The van der Waals surface area contributed by atoms with Gasteiger partial charge in [0.2, 0.25) is 0 Å². The van der Waals surface area contributed by atoms with Gasteiger partial charge in [-0.3, -0.25) is 4.79 Å². The summed E-state index contributed by atoms with van der Waals surface area (Å²) in [5.41, 5.74) is 2.18. The molecule has 1 amide bonds. The predicted octanol–water partition coefficient (Wildman–Crippen LogP) is 5.45. The molecule has 0 atom stereocenters.